The van der Waals surface area contributed by atoms with Crippen molar-refractivity contribution in [3.63, 3.8) is 0 Å². The van der Waals surface area contributed by atoms with Gasteiger partial charge in [-0.05, 0) is 48.0 Å². The first-order chi connectivity index (χ1) is 16.8. The maximum Gasteiger partial charge on any atom is 0.340 e. The molecule has 0 bridgehead atoms. The van der Waals surface area contributed by atoms with Crippen LogP contribution in [-0.4, -0.2) is 43.1 Å². The highest BCUT2D eigenvalue weighted by atomic mass is 79.9. The topological polar surface area (TPSA) is 95.6 Å². The Bertz CT molecular complexity index is 1440. The third-order valence-electron chi connectivity index (χ3n) is 5.95. The quantitative estimate of drug-likeness (QED) is 0.314. The molecule has 8 nitrogen and oxygen atoms in total. The lowest BCUT2D eigenvalue weighted by atomic mass is 10.0. The Labute approximate surface area is 214 Å². The highest BCUT2D eigenvalue weighted by Crippen LogP contribution is 2.40. The van der Waals surface area contributed by atoms with Crippen molar-refractivity contribution in [1.29, 1.82) is 0 Å². The number of phenolic OH excluding ortho intramolecular Hbond substituents is 1. The summed E-state index contributed by atoms with van der Waals surface area (Å²) in [5, 5.41) is 11.6. The van der Waals surface area contributed by atoms with E-state index in [4.69, 9.17) is 9.47 Å². The molecule has 0 aliphatic heterocycles. The van der Waals surface area contributed by atoms with E-state index in [0.29, 0.717) is 49.4 Å². The van der Waals surface area contributed by atoms with Gasteiger partial charge >= 0.3 is 5.97 Å². The van der Waals surface area contributed by atoms with E-state index < -0.39 is 16.8 Å². The van der Waals surface area contributed by atoms with Gasteiger partial charge in [-0.1, -0.05) is 12.1 Å². The number of methoxy groups -OCH3 is 1. The largest absolute Gasteiger partial charge is 0.506 e. The summed E-state index contributed by atoms with van der Waals surface area (Å²) >= 11 is 3.45. The molecule has 4 rings (SSSR count). The number of hydrogen-bond acceptors (Lipinski definition) is 6. The molecule has 2 aromatic heterocycles. The monoisotopic (exact) mass is 559 g/mol. The molecule has 0 saturated heterocycles. The van der Waals surface area contributed by atoms with E-state index in [1.165, 1.54) is 7.11 Å². The van der Waals surface area contributed by atoms with Gasteiger partial charge in [-0.3, -0.25) is 4.21 Å². The number of nitrogens with zero attached hydrogens (tertiary/aromatic N) is 3. The van der Waals surface area contributed by atoms with Crippen LogP contribution in [0.5, 0.6) is 11.5 Å². The first-order valence-electron chi connectivity index (χ1n) is 11.0. The minimum absolute atomic E-state index is 0.0270. The molecule has 2 heterocycles. The molecular formula is C25H26BrN3O5S. The third-order valence-corrected chi connectivity index (χ3v) is 7.92. The third kappa shape index (κ3) is 4.60. The molecular weight excluding hydrogens is 534 g/mol. The Hall–Kier alpha value is -3.11. The molecule has 0 saturated carbocycles. The van der Waals surface area contributed by atoms with Crippen LogP contribution in [0.2, 0.25) is 0 Å². The van der Waals surface area contributed by atoms with Gasteiger partial charge in [0.25, 0.3) is 0 Å². The van der Waals surface area contributed by atoms with Crippen LogP contribution < -0.4 is 4.74 Å². The minimum atomic E-state index is -1.51. The molecule has 0 aliphatic carbocycles. The molecule has 0 amide bonds. The SMILES string of the molecule is CCOC(=O)c1c(CS(=O)c2ccccc2OC)n(C)c2cc(Br)c(O)c(Cn3ccnc3C)c12. The number of ether oxygens (including phenoxy) is 2. The van der Waals surface area contributed by atoms with Gasteiger partial charge in [-0.25, -0.2) is 9.78 Å². The Kier molecular flexibility index (Phi) is 7.32. The second-order valence-electron chi connectivity index (χ2n) is 7.92. The number of aromatic hydroxyl groups is 1. The van der Waals surface area contributed by atoms with Crippen LogP contribution in [-0.2, 0) is 34.9 Å². The fourth-order valence-electron chi connectivity index (χ4n) is 4.17. The standard InChI is InChI=1S/C25H26BrN3O5S/c1-5-34-25(31)23-19(14-35(32)21-9-7-6-8-20(21)33-4)28(3)18-12-17(26)24(30)16(22(18)23)13-29-11-10-27-15(29)2/h6-12,30H,5,13-14H2,1-4H3. The van der Waals surface area contributed by atoms with E-state index in [-0.39, 0.29) is 18.1 Å². The van der Waals surface area contributed by atoms with Crippen molar-refractivity contribution in [2.75, 3.05) is 13.7 Å². The molecule has 0 aliphatic rings. The van der Waals surface area contributed by atoms with Gasteiger partial charge in [-0.15, -0.1) is 0 Å². The van der Waals surface area contributed by atoms with Crippen molar-refractivity contribution in [3.05, 3.63) is 69.8 Å². The molecule has 10 heteroatoms. The lowest BCUT2D eigenvalue weighted by Gasteiger charge is -2.13. The second kappa shape index (κ2) is 10.2. The van der Waals surface area contributed by atoms with E-state index in [1.807, 2.05) is 35.4 Å². The van der Waals surface area contributed by atoms with Crippen LogP contribution >= 0.6 is 15.9 Å². The van der Waals surface area contributed by atoms with E-state index in [2.05, 4.69) is 20.9 Å². The van der Waals surface area contributed by atoms with Gasteiger partial charge in [0, 0.05) is 36.1 Å². The van der Waals surface area contributed by atoms with E-state index >= 15 is 0 Å². The van der Waals surface area contributed by atoms with E-state index in [1.54, 1.807) is 37.4 Å². The summed E-state index contributed by atoms with van der Waals surface area (Å²) in [5.41, 5.74) is 2.09. The number of benzene rings is 2. The van der Waals surface area contributed by atoms with Crippen LogP contribution in [0.4, 0.5) is 0 Å². The molecule has 1 unspecified atom stereocenters. The molecule has 0 radical (unpaired) electrons. The summed E-state index contributed by atoms with van der Waals surface area (Å²) in [7, 11) is 1.84. The summed E-state index contributed by atoms with van der Waals surface area (Å²) < 4.78 is 28.5. The summed E-state index contributed by atoms with van der Waals surface area (Å²) in [5.74, 6) is 0.832. The number of imidazole rings is 1. The maximum absolute atomic E-state index is 13.5. The predicted molar refractivity (Wildman–Crippen MR) is 137 cm³/mol. The summed E-state index contributed by atoms with van der Waals surface area (Å²) in [6, 6.07) is 8.86. The van der Waals surface area contributed by atoms with Crippen molar-refractivity contribution < 1.29 is 23.6 Å². The fourth-order valence-corrected chi connectivity index (χ4v) is 5.98. The Morgan fingerprint density at radius 2 is 2.03 bits per heavy atom. The minimum Gasteiger partial charge on any atom is -0.506 e. The Morgan fingerprint density at radius 1 is 1.29 bits per heavy atom. The first kappa shape index (κ1) is 25.0. The molecule has 0 fully saturated rings. The van der Waals surface area contributed by atoms with Crippen LogP contribution in [0.3, 0.4) is 0 Å². The van der Waals surface area contributed by atoms with Crippen LogP contribution in [0.25, 0.3) is 10.9 Å². The normalized spacial score (nSPS) is 12.1. The molecule has 2 aromatic carbocycles. The highest BCUT2D eigenvalue weighted by molar-refractivity contribution is 9.10. The molecule has 0 spiro atoms. The predicted octanol–water partition coefficient (Wildman–Crippen LogP) is 4.69. The number of esters is 1. The molecule has 35 heavy (non-hydrogen) atoms. The average molecular weight is 560 g/mol. The van der Waals surface area contributed by atoms with Crippen molar-refractivity contribution in [2.24, 2.45) is 7.05 Å². The van der Waals surface area contributed by atoms with Crippen molar-refractivity contribution in [1.82, 2.24) is 14.1 Å². The maximum atomic E-state index is 13.5. The number of rotatable bonds is 8. The molecule has 184 valence electrons. The molecule has 1 atom stereocenters. The van der Waals surface area contributed by atoms with Crippen molar-refractivity contribution in [2.45, 2.75) is 31.0 Å². The smallest absolute Gasteiger partial charge is 0.340 e. The fraction of sp³-hybridized carbons (Fsp3) is 0.280. The number of para-hydroxylation sites is 1. The van der Waals surface area contributed by atoms with Gasteiger partial charge in [0.1, 0.15) is 17.3 Å². The number of halogens is 1. The lowest BCUT2D eigenvalue weighted by Crippen LogP contribution is -2.12. The Balaban J connectivity index is 1.95. The van der Waals surface area contributed by atoms with Crippen LogP contribution in [0.1, 0.15) is 34.4 Å². The zero-order chi connectivity index (χ0) is 25.3. The van der Waals surface area contributed by atoms with E-state index in [0.717, 1.165) is 5.82 Å². The number of aromatic nitrogens is 3. The van der Waals surface area contributed by atoms with Crippen molar-refractivity contribution in [3.8, 4) is 11.5 Å². The van der Waals surface area contributed by atoms with Gasteiger partial charge in [0.15, 0.2) is 0 Å². The van der Waals surface area contributed by atoms with Crippen LogP contribution in [0.15, 0.2) is 52.1 Å². The van der Waals surface area contributed by atoms with Gasteiger partial charge < -0.3 is 23.7 Å². The summed E-state index contributed by atoms with van der Waals surface area (Å²) in [6.45, 7) is 4.08. The highest BCUT2D eigenvalue weighted by Gasteiger charge is 2.29. The number of fused-ring (bicyclic) bond motifs is 1. The summed E-state index contributed by atoms with van der Waals surface area (Å²) in [4.78, 5) is 18.1. The number of aryl methyl sites for hydroxylation is 2. The lowest BCUT2D eigenvalue weighted by molar-refractivity contribution is 0.0527. The second-order valence-corrected chi connectivity index (χ2v) is 10.2. The zero-order valence-corrected chi connectivity index (χ0v) is 22.3. The molecule has 1 N–H and O–H groups in total. The zero-order valence-electron chi connectivity index (χ0n) is 19.9. The summed E-state index contributed by atoms with van der Waals surface area (Å²) in [6.07, 6.45) is 3.49. The number of phenols is 1. The average Bonchev–Trinajstić information content (AvgIpc) is 3.37. The van der Waals surface area contributed by atoms with Crippen molar-refractivity contribution >= 4 is 43.6 Å². The Morgan fingerprint density at radius 3 is 2.69 bits per heavy atom. The van der Waals surface area contributed by atoms with Gasteiger partial charge in [0.2, 0.25) is 0 Å². The number of carbonyl (C=O) groups is 1. The number of hydrogen-bond donors (Lipinski definition) is 1. The van der Waals surface area contributed by atoms with Gasteiger partial charge in [-0.2, -0.15) is 0 Å². The number of carbonyl (C=O) groups excluding carboxylic acids is 1. The van der Waals surface area contributed by atoms with Gasteiger partial charge in [0.05, 0.1) is 57.3 Å². The van der Waals surface area contributed by atoms with E-state index in [9.17, 15) is 14.1 Å². The first-order valence-corrected chi connectivity index (χ1v) is 13.1. The van der Waals surface area contributed by atoms with Crippen LogP contribution in [0, 0.1) is 6.92 Å². The molecule has 4 aromatic rings.